The zero-order chi connectivity index (χ0) is 69.8. The quantitative estimate of drug-likeness (QED) is 0.0835. The molecule has 6 N–H and O–H groups in total. The van der Waals surface area contributed by atoms with E-state index < -0.39 is 185 Å². The van der Waals surface area contributed by atoms with Gasteiger partial charge in [-0.2, -0.15) is 0 Å². The molecule has 10 atom stereocenters. The third kappa shape index (κ3) is 15.1. The highest BCUT2D eigenvalue weighted by Crippen LogP contribution is 2.36. The number of fused-ring (bicyclic) bond motifs is 4. The summed E-state index contributed by atoms with van der Waals surface area (Å²) < 4.78 is 18.5. The van der Waals surface area contributed by atoms with Gasteiger partial charge < -0.3 is 75.0 Å². The first-order valence-corrected chi connectivity index (χ1v) is 32.2. The van der Waals surface area contributed by atoms with Crippen LogP contribution in [-0.2, 0) is 57.4 Å². The number of likely N-dealkylation sites (N-methyl/N-ethyl adjacent to an activating group) is 4. The van der Waals surface area contributed by atoms with E-state index in [4.69, 9.17) is 18.9 Å². The maximum Gasteiger partial charge on any atom is 0.329 e. The predicted octanol–water partition coefficient (Wildman–Crippen LogP) is 0.938. The molecule has 94 heavy (non-hydrogen) atoms. The van der Waals surface area contributed by atoms with E-state index >= 15 is 14.4 Å². The minimum atomic E-state index is -1.90. The summed E-state index contributed by atoms with van der Waals surface area (Å²) in [5.41, 5.74) is -2.41. The number of nitrogens with one attached hydrogen (secondary N) is 5. The van der Waals surface area contributed by atoms with Gasteiger partial charge in [-0.05, 0) is 95.1 Å². The number of carbonyl (C=O) groups is 12. The Morgan fingerprint density at radius 2 is 1.09 bits per heavy atom. The van der Waals surface area contributed by atoms with Crippen LogP contribution >= 0.6 is 0 Å². The molecule has 0 aromatic heterocycles. The smallest absolute Gasteiger partial charge is 0.329 e. The normalized spacial score (nSPS) is 25.6. The highest BCUT2D eigenvalue weighted by Gasteiger charge is 2.47. The van der Waals surface area contributed by atoms with E-state index in [0.29, 0.717) is 18.4 Å². The molecule has 1 aromatic carbocycles. The molecule has 4 fully saturated rings. The van der Waals surface area contributed by atoms with Crippen molar-refractivity contribution in [3.05, 3.63) is 44.6 Å². The van der Waals surface area contributed by atoms with Gasteiger partial charge in [0, 0.05) is 60.0 Å². The lowest BCUT2D eigenvalue weighted by Crippen LogP contribution is -2.61. The number of cyclic esters (lactones) is 2. The molecular weight excluding hydrogens is 1220 g/mol. The van der Waals surface area contributed by atoms with E-state index in [1.165, 1.54) is 80.7 Å². The molecule has 0 spiro atoms. The molecule has 5 heterocycles. The van der Waals surface area contributed by atoms with Gasteiger partial charge in [0.25, 0.3) is 11.8 Å². The van der Waals surface area contributed by atoms with Crippen molar-refractivity contribution in [2.24, 2.45) is 23.7 Å². The average Bonchev–Trinajstić information content (AvgIpc) is 0.870. The van der Waals surface area contributed by atoms with Gasteiger partial charge >= 0.3 is 11.9 Å². The Labute approximate surface area is 546 Å². The maximum absolute atomic E-state index is 15.6. The highest BCUT2D eigenvalue weighted by molar-refractivity contribution is 6.11. The maximum atomic E-state index is 15.6. The van der Waals surface area contributed by atoms with Crippen LogP contribution in [0.5, 0.6) is 0 Å². The lowest BCUT2D eigenvalue weighted by Gasteiger charge is -2.36. The van der Waals surface area contributed by atoms with Gasteiger partial charge in [0.15, 0.2) is 11.3 Å². The van der Waals surface area contributed by atoms with Gasteiger partial charge in [-0.15, -0.1) is 0 Å². The molecule has 0 bridgehead atoms. The minimum absolute atomic E-state index is 0.0601. The van der Waals surface area contributed by atoms with Crippen molar-refractivity contribution >= 4 is 87.8 Å². The van der Waals surface area contributed by atoms with E-state index in [1.807, 2.05) is 0 Å². The fourth-order valence-corrected chi connectivity index (χ4v) is 12.7. The summed E-state index contributed by atoms with van der Waals surface area (Å²) in [7, 11) is 5.59. The molecule has 29 nitrogen and oxygen atoms in total. The number of anilines is 1. The number of rotatable bonds is 12. The number of aromatic nitrogens is 1. The number of benzene rings is 2. The predicted molar refractivity (Wildman–Crippen MR) is 341 cm³/mol. The molecule has 0 unspecified atom stereocenters. The van der Waals surface area contributed by atoms with Crippen LogP contribution in [0.3, 0.4) is 0 Å². The fraction of sp³-hybridized carbons (Fsp3) is 0.631. The fourth-order valence-electron chi connectivity index (χ4n) is 12.7. The van der Waals surface area contributed by atoms with Crippen molar-refractivity contribution in [2.75, 3.05) is 72.8 Å². The summed E-state index contributed by atoms with van der Waals surface area (Å²) >= 11 is 0. The largest absolute Gasteiger partial charge is 0.458 e. The SMILES string of the molecule is Cc1c2oc3c(C)ccc(C(=O)N[C@@H]4C(=O)N[C@H](C(C)C)C(=O)N5CCC[C@H]5C(=O)N(C)CC(=O)N(C)[C@@H](C(C)C)C(=O)O[C@@H]4C)c3nc-2c(C(=O)N[C@@H]2C(=O)N[C@H](C(C)C)C(=O)N3CCC[C@H]3C(=O)N(C)CC(=O)N(C)[C@@H](C(C)C)C(=O)O[C@@H]2C)c(NCCCO)c1=O. The summed E-state index contributed by atoms with van der Waals surface area (Å²) in [5, 5.41) is 23.7. The van der Waals surface area contributed by atoms with Crippen molar-refractivity contribution < 1.29 is 76.5 Å². The zero-order valence-corrected chi connectivity index (χ0v) is 56.6. The Bertz CT molecular complexity index is 3490. The zero-order valence-electron chi connectivity index (χ0n) is 56.6. The summed E-state index contributed by atoms with van der Waals surface area (Å²) in [4.78, 5) is 202. The molecule has 514 valence electrons. The lowest BCUT2D eigenvalue weighted by atomic mass is 9.98. The van der Waals surface area contributed by atoms with Crippen LogP contribution < -0.4 is 32.0 Å². The van der Waals surface area contributed by atoms with Gasteiger partial charge in [-0.3, -0.25) is 52.7 Å². The van der Waals surface area contributed by atoms with Crippen molar-refractivity contribution in [3.8, 4) is 11.5 Å². The van der Waals surface area contributed by atoms with Crippen LogP contribution in [0.1, 0.15) is 133 Å². The summed E-state index contributed by atoms with van der Waals surface area (Å²) in [5.74, 6) is -12.4. The Morgan fingerprint density at radius 3 is 1.51 bits per heavy atom. The van der Waals surface area contributed by atoms with Crippen molar-refractivity contribution in [3.63, 3.8) is 0 Å². The number of aliphatic hydroxyl groups excluding tert-OH is 1. The van der Waals surface area contributed by atoms with Gasteiger partial charge in [0.05, 0.1) is 29.9 Å². The van der Waals surface area contributed by atoms with Gasteiger partial charge in [-0.25, -0.2) is 14.6 Å². The first kappa shape index (κ1) is 72.7. The second kappa shape index (κ2) is 30.1. The van der Waals surface area contributed by atoms with Crippen LogP contribution in [0.25, 0.3) is 22.6 Å². The summed E-state index contributed by atoms with van der Waals surface area (Å²) in [6, 6.07) is -7.97. The van der Waals surface area contributed by atoms with E-state index in [9.17, 15) is 53.1 Å². The standard InChI is InChI=1S/C65H92N12O17/c1-30(2)44-62(88)76-25-17-20-39(76)60(86)72(13)28-41(79)74(15)51(32(5)6)64(90)92-36(11)46(58(84)68-44)70-56(82)38-23-22-34(9)54-48(38)67-50-43(49(66-24-19-27-78)53(81)35(10)55(50)94-54)57(83)71-47-37(12)93-65(91)52(33(7)8)75(16)42(80)29-73(14)61(87)40-21-18-26-77(40)63(89)45(31(3)4)69-59(47)85/h22-23,30-33,36-37,39-40,44-47,51-52,66,78H,17-21,24-29H2,1-16H3,(H,68,84)(H,69,85)(H,70,82)(H,71,83)/t36-,37-,39+,40+,44-,45-,46+,47+,51+,52+/m1/s1. The Hall–Kier alpha value is -8.76. The minimum Gasteiger partial charge on any atom is -0.458 e. The summed E-state index contributed by atoms with van der Waals surface area (Å²) in [6.07, 6.45) is -1.64. The number of aryl methyl sites for hydroxylation is 1. The summed E-state index contributed by atoms with van der Waals surface area (Å²) in [6.45, 7) is 18.0. The van der Waals surface area contributed by atoms with Crippen molar-refractivity contribution in [1.29, 1.82) is 0 Å². The number of hydrogen-bond donors (Lipinski definition) is 6. The third-order valence-corrected chi connectivity index (χ3v) is 18.1. The van der Waals surface area contributed by atoms with Gasteiger partial charge in [0.1, 0.15) is 71.8 Å². The van der Waals surface area contributed by atoms with Crippen molar-refractivity contribution in [2.45, 2.75) is 176 Å². The second-order valence-corrected chi connectivity index (χ2v) is 26.5. The first-order chi connectivity index (χ1) is 44.1. The second-order valence-electron chi connectivity index (χ2n) is 26.5. The molecule has 0 radical (unpaired) electrons. The van der Waals surface area contributed by atoms with Crippen LogP contribution in [-0.4, -0.2) is 239 Å². The molecule has 7 rings (SSSR count). The van der Waals surface area contributed by atoms with E-state index in [-0.39, 0.29) is 79.2 Å². The Morgan fingerprint density at radius 1 is 0.638 bits per heavy atom. The van der Waals surface area contributed by atoms with Crippen LogP contribution in [0.2, 0.25) is 0 Å². The topological polar surface area (TPSA) is 366 Å². The molecule has 1 aliphatic carbocycles. The number of esters is 2. The Balaban J connectivity index is 1.37. The average molecular weight is 1310 g/mol. The molecule has 6 aliphatic rings. The molecular formula is C65H92N12O17. The lowest BCUT2D eigenvalue weighted by molar-refractivity contribution is -0.163. The number of carbonyl (C=O) groups excluding carboxylic acids is 12. The molecule has 0 saturated carbocycles. The molecule has 10 amide bonds. The van der Waals surface area contributed by atoms with E-state index in [2.05, 4.69) is 26.6 Å². The number of aliphatic hydroxyl groups is 1. The van der Waals surface area contributed by atoms with Crippen molar-refractivity contribution in [1.82, 2.24) is 55.7 Å². The number of hydrogen-bond acceptors (Lipinski definition) is 19. The van der Waals surface area contributed by atoms with Crippen LogP contribution in [0.15, 0.2) is 21.3 Å². The van der Waals surface area contributed by atoms with E-state index in [1.54, 1.807) is 62.3 Å². The monoisotopic (exact) mass is 1310 g/mol. The molecule has 1 aromatic rings. The first-order valence-electron chi connectivity index (χ1n) is 32.2. The molecule has 29 heteroatoms. The number of ether oxygens (including phenoxy) is 2. The van der Waals surface area contributed by atoms with E-state index in [0.717, 1.165) is 9.80 Å². The Kier molecular flexibility index (Phi) is 23.3. The van der Waals surface area contributed by atoms with Crippen LogP contribution in [0, 0.1) is 37.5 Å². The van der Waals surface area contributed by atoms with Gasteiger partial charge in [0.2, 0.25) is 52.7 Å². The highest BCUT2D eigenvalue weighted by atomic mass is 16.6. The number of amides is 10. The molecule has 5 aliphatic heterocycles. The molecule has 4 saturated heterocycles. The van der Waals surface area contributed by atoms with Gasteiger partial charge in [-0.1, -0.05) is 61.5 Å². The number of nitrogens with zero attached hydrogens (tertiary/aromatic N) is 7. The van der Waals surface area contributed by atoms with Crippen LogP contribution in [0.4, 0.5) is 5.69 Å². The third-order valence-electron chi connectivity index (χ3n) is 18.1.